The van der Waals surface area contributed by atoms with E-state index >= 15 is 0 Å². The second-order valence-electron chi connectivity index (χ2n) is 8.66. The molecule has 22 heavy (non-hydrogen) atoms. The summed E-state index contributed by atoms with van der Waals surface area (Å²) in [6, 6.07) is 4.66. The van der Waals surface area contributed by atoms with E-state index in [1.807, 2.05) is 0 Å². The number of rotatable bonds is 1. The van der Waals surface area contributed by atoms with Gasteiger partial charge in [0, 0.05) is 15.4 Å². The summed E-state index contributed by atoms with van der Waals surface area (Å²) in [6.45, 7) is 17.0. The van der Waals surface area contributed by atoms with Gasteiger partial charge in [-0.1, -0.05) is 63.6 Å². The van der Waals surface area contributed by atoms with Gasteiger partial charge in [0.1, 0.15) is 0 Å². The van der Waals surface area contributed by atoms with E-state index in [1.54, 1.807) is 11.1 Å². The number of halogens is 1. The van der Waals surface area contributed by atoms with Gasteiger partial charge in [-0.05, 0) is 52.8 Å². The normalized spacial score (nSPS) is 22.4. The van der Waals surface area contributed by atoms with Crippen LogP contribution < -0.4 is 0 Å². The number of aromatic nitrogens is 1. The van der Waals surface area contributed by atoms with Crippen molar-refractivity contribution in [1.82, 2.24) is 4.23 Å². The van der Waals surface area contributed by atoms with E-state index in [0.29, 0.717) is 16.9 Å². The highest BCUT2D eigenvalue weighted by atomic mass is 79.9. The molecular weight excluding hydrogens is 350 g/mol. The molecule has 0 saturated heterocycles. The van der Waals surface area contributed by atoms with Gasteiger partial charge in [0.25, 0.3) is 0 Å². The number of fused-ring (bicyclic) bond motifs is 3. The molecule has 0 aliphatic heterocycles. The van der Waals surface area contributed by atoms with Crippen molar-refractivity contribution >= 4 is 35.1 Å². The zero-order valence-corrected chi connectivity index (χ0v) is 17.5. The molecule has 0 radical (unpaired) electrons. The fourth-order valence-electron chi connectivity index (χ4n) is 3.91. The third kappa shape index (κ3) is 2.16. The molecule has 3 heteroatoms. The van der Waals surface area contributed by atoms with E-state index in [4.69, 9.17) is 0 Å². The highest BCUT2D eigenvalue weighted by Crippen LogP contribution is 2.49. The largest absolute Gasteiger partial charge is 0.374 e. The van der Waals surface area contributed by atoms with Crippen molar-refractivity contribution in [3.05, 3.63) is 33.9 Å². The van der Waals surface area contributed by atoms with Crippen molar-refractivity contribution in [1.29, 1.82) is 0 Å². The first-order chi connectivity index (χ1) is 10.1. The van der Waals surface area contributed by atoms with Gasteiger partial charge in [0.05, 0.1) is 0 Å². The van der Waals surface area contributed by atoms with Gasteiger partial charge >= 0.3 is 0 Å². The summed E-state index contributed by atoms with van der Waals surface area (Å²) in [5, 5.41) is 1.74. The van der Waals surface area contributed by atoms with Crippen molar-refractivity contribution in [2.24, 2.45) is 0 Å². The van der Waals surface area contributed by atoms with Gasteiger partial charge in [0.2, 0.25) is 0 Å². The molecule has 1 heterocycles. The predicted octanol–water partition coefficient (Wildman–Crippen LogP) is 6.87. The number of hydrogen-bond donors (Lipinski definition) is 0. The van der Waals surface area contributed by atoms with E-state index in [0.717, 1.165) is 0 Å². The molecule has 1 aliphatic rings. The summed E-state index contributed by atoms with van der Waals surface area (Å²) >= 11 is 3.84. The molecule has 0 bridgehead atoms. The van der Waals surface area contributed by atoms with Gasteiger partial charge in [-0.3, -0.25) is 0 Å². The lowest BCUT2D eigenvalue weighted by Gasteiger charge is -2.39. The molecular formula is C19H28BrNSi. The molecule has 0 N–H and O–H groups in total. The van der Waals surface area contributed by atoms with Crippen LogP contribution in [0.4, 0.5) is 0 Å². The van der Waals surface area contributed by atoms with Crippen molar-refractivity contribution in [2.45, 2.75) is 71.0 Å². The van der Waals surface area contributed by atoms with Crippen molar-refractivity contribution in [3.63, 3.8) is 0 Å². The van der Waals surface area contributed by atoms with Crippen LogP contribution in [0, 0.1) is 0 Å². The van der Waals surface area contributed by atoms with Crippen LogP contribution in [0.5, 0.6) is 0 Å². The summed E-state index contributed by atoms with van der Waals surface area (Å²) in [4.78, 5) is 0. The molecule has 0 unspecified atom stereocenters. The van der Waals surface area contributed by atoms with Crippen LogP contribution in [0.2, 0.25) is 18.1 Å². The van der Waals surface area contributed by atoms with Crippen LogP contribution in [-0.4, -0.2) is 12.5 Å². The lowest BCUT2D eigenvalue weighted by Crippen LogP contribution is -2.45. The molecule has 2 aromatic rings. The van der Waals surface area contributed by atoms with Crippen LogP contribution in [0.1, 0.15) is 64.0 Å². The van der Waals surface area contributed by atoms with Gasteiger partial charge in [-0.2, -0.15) is 0 Å². The highest BCUT2D eigenvalue weighted by molar-refractivity contribution is 9.10. The number of nitrogens with zero attached hydrogens (tertiary/aromatic N) is 1. The van der Waals surface area contributed by atoms with Gasteiger partial charge in [-0.25, -0.2) is 0 Å². The first-order valence-corrected chi connectivity index (χ1v) is 12.1. The van der Waals surface area contributed by atoms with Crippen LogP contribution >= 0.6 is 15.9 Å². The van der Waals surface area contributed by atoms with Gasteiger partial charge < -0.3 is 4.23 Å². The lowest BCUT2D eigenvalue weighted by molar-refractivity contribution is 0.660. The third-order valence-electron chi connectivity index (χ3n) is 6.13. The Morgan fingerprint density at radius 2 is 1.73 bits per heavy atom. The number of hydrogen-bond acceptors (Lipinski definition) is 0. The third-order valence-corrected chi connectivity index (χ3v) is 12.0. The SMILES string of the molecule is C[C@@H]1C[C@H](C)c2c1c(Br)cc1ccn([Si](C)(C)C(C)(C)C)c21. The summed E-state index contributed by atoms with van der Waals surface area (Å²) < 4.78 is 3.97. The molecule has 1 aromatic carbocycles. The van der Waals surface area contributed by atoms with Crippen molar-refractivity contribution in [3.8, 4) is 0 Å². The average Bonchev–Trinajstić information content (AvgIpc) is 2.90. The molecule has 1 nitrogen and oxygen atoms in total. The Labute approximate surface area is 144 Å². The maximum atomic E-state index is 3.84. The molecule has 0 spiro atoms. The summed E-state index contributed by atoms with van der Waals surface area (Å²) in [7, 11) is -1.60. The van der Waals surface area contributed by atoms with Gasteiger partial charge in [0.15, 0.2) is 8.24 Å². The molecule has 2 atom stereocenters. The zero-order valence-electron chi connectivity index (χ0n) is 14.9. The van der Waals surface area contributed by atoms with Crippen molar-refractivity contribution < 1.29 is 0 Å². The second-order valence-corrected chi connectivity index (χ2v) is 14.6. The Morgan fingerprint density at radius 3 is 2.32 bits per heavy atom. The van der Waals surface area contributed by atoms with Crippen LogP contribution in [-0.2, 0) is 0 Å². The Kier molecular flexibility index (Phi) is 3.69. The fourth-order valence-corrected chi connectivity index (χ4v) is 6.74. The molecule has 0 saturated carbocycles. The standard InChI is InChI=1S/C19H28BrNSi/c1-12-10-13(2)17-16(12)15(20)11-14-8-9-21(18(14)17)22(6,7)19(3,4)5/h8-9,11-13H,10H2,1-7H3/t12-,13+/m1/s1. The first-order valence-electron chi connectivity index (χ1n) is 8.39. The molecule has 120 valence electrons. The Bertz CT molecular complexity index is 736. The lowest BCUT2D eigenvalue weighted by atomic mass is 10.0. The summed E-state index contributed by atoms with van der Waals surface area (Å²) in [6.07, 6.45) is 3.63. The highest BCUT2D eigenvalue weighted by Gasteiger charge is 2.40. The maximum absolute atomic E-state index is 3.84. The van der Waals surface area contributed by atoms with E-state index in [2.05, 4.69) is 86.2 Å². The molecule has 0 fully saturated rings. The molecule has 0 amide bonds. The van der Waals surface area contributed by atoms with Gasteiger partial charge in [-0.15, -0.1) is 0 Å². The molecule has 1 aliphatic carbocycles. The van der Waals surface area contributed by atoms with Crippen LogP contribution in [0.25, 0.3) is 10.9 Å². The van der Waals surface area contributed by atoms with E-state index in [-0.39, 0.29) is 0 Å². The predicted molar refractivity (Wildman–Crippen MR) is 104 cm³/mol. The second kappa shape index (κ2) is 4.97. The average molecular weight is 378 g/mol. The minimum atomic E-state index is -1.60. The molecule has 3 rings (SSSR count). The Hall–Kier alpha value is -0.543. The molecule has 1 aromatic heterocycles. The fraction of sp³-hybridized carbons (Fsp3) is 0.579. The quantitative estimate of drug-likeness (QED) is 0.477. The van der Waals surface area contributed by atoms with E-state index in [9.17, 15) is 0 Å². The topological polar surface area (TPSA) is 4.93 Å². The Balaban J connectivity index is 2.38. The van der Waals surface area contributed by atoms with Crippen LogP contribution in [0.15, 0.2) is 22.8 Å². The maximum Gasteiger partial charge on any atom is 0.161 e. The minimum absolute atomic E-state index is 0.340. The summed E-state index contributed by atoms with van der Waals surface area (Å²) in [5.41, 5.74) is 4.67. The summed E-state index contributed by atoms with van der Waals surface area (Å²) in [5.74, 6) is 1.31. The van der Waals surface area contributed by atoms with Crippen molar-refractivity contribution in [2.75, 3.05) is 0 Å². The first kappa shape index (κ1) is 16.3. The smallest absolute Gasteiger partial charge is 0.161 e. The number of benzene rings is 1. The Morgan fingerprint density at radius 1 is 1.14 bits per heavy atom. The zero-order chi connectivity index (χ0) is 16.4. The minimum Gasteiger partial charge on any atom is -0.374 e. The van der Waals surface area contributed by atoms with E-state index < -0.39 is 8.24 Å². The van der Waals surface area contributed by atoms with E-state index in [1.165, 1.54) is 21.8 Å². The van der Waals surface area contributed by atoms with Crippen LogP contribution in [0.3, 0.4) is 0 Å². The monoisotopic (exact) mass is 377 g/mol.